The molecule has 0 saturated carbocycles. The van der Waals surface area contributed by atoms with E-state index in [1.807, 2.05) is 6.07 Å². The number of hydrogen-bond donors (Lipinski definition) is 2. The van der Waals surface area contributed by atoms with E-state index in [0.717, 1.165) is 16.0 Å². The quantitative estimate of drug-likeness (QED) is 0.810. The molecule has 0 bridgehead atoms. The van der Waals surface area contributed by atoms with E-state index >= 15 is 0 Å². The van der Waals surface area contributed by atoms with Crippen LogP contribution >= 0.6 is 11.3 Å². The van der Waals surface area contributed by atoms with Gasteiger partial charge in [-0.05, 0) is 12.1 Å². The zero-order valence-electron chi connectivity index (χ0n) is 8.45. The lowest BCUT2D eigenvalue weighted by Gasteiger charge is -1.94. The van der Waals surface area contributed by atoms with Gasteiger partial charge >= 0.3 is 11.9 Å². The molecule has 1 heterocycles. The zero-order chi connectivity index (χ0) is 12.4. The molecule has 0 aliphatic heterocycles. The highest BCUT2D eigenvalue weighted by Gasteiger charge is 2.16. The normalized spacial score (nSPS) is 11.6. The van der Waals surface area contributed by atoms with E-state index < -0.39 is 11.9 Å². The summed E-state index contributed by atoms with van der Waals surface area (Å²) < 4.78 is 0.819. The Bertz CT molecular complexity index is 596. The molecule has 0 aliphatic carbocycles. The topological polar surface area (TPSA) is 87.5 Å². The van der Waals surface area contributed by atoms with Crippen LogP contribution in [0.25, 0.3) is 15.8 Å². The monoisotopic (exact) mass is 249 g/mol. The second-order valence-electron chi connectivity index (χ2n) is 3.19. The summed E-state index contributed by atoms with van der Waals surface area (Å²) in [4.78, 5) is 25.6. The van der Waals surface area contributed by atoms with Gasteiger partial charge in [0, 0.05) is 6.08 Å². The number of nitrogens with zero attached hydrogens (tertiary/aromatic N) is 1. The first-order valence-electron chi connectivity index (χ1n) is 4.62. The number of rotatable bonds is 3. The van der Waals surface area contributed by atoms with Gasteiger partial charge in [0.15, 0.2) is 0 Å². The van der Waals surface area contributed by atoms with Crippen molar-refractivity contribution in [3.8, 4) is 0 Å². The summed E-state index contributed by atoms with van der Waals surface area (Å²) in [6.45, 7) is 0. The minimum atomic E-state index is -1.30. The smallest absolute Gasteiger partial charge is 0.339 e. The number of thiazole rings is 1. The number of benzene rings is 1. The molecule has 2 rings (SSSR count). The van der Waals surface area contributed by atoms with Crippen molar-refractivity contribution in [3.05, 3.63) is 35.3 Å². The Morgan fingerprint density at radius 1 is 1.24 bits per heavy atom. The lowest BCUT2D eigenvalue weighted by Crippen LogP contribution is -2.02. The van der Waals surface area contributed by atoms with Gasteiger partial charge in [0.2, 0.25) is 0 Å². The minimum absolute atomic E-state index is 0.195. The first-order chi connectivity index (χ1) is 8.08. The van der Waals surface area contributed by atoms with E-state index in [1.54, 1.807) is 18.2 Å². The second kappa shape index (κ2) is 4.34. The summed E-state index contributed by atoms with van der Waals surface area (Å²) in [5.74, 6) is -2.60. The molecule has 2 N–H and O–H groups in total. The van der Waals surface area contributed by atoms with Crippen LogP contribution < -0.4 is 0 Å². The van der Waals surface area contributed by atoms with Crippen molar-refractivity contribution in [1.29, 1.82) is 0 Å². The number of fused-ring (bicyclic) bond motifs is 1. The first-order valence-corrected chi connectivity index (χ1v) is 5.43. The van der Waals surface area contributed by atoms with Crippen LogP contribution in [0.3, 0.4) is 0 Å². The molecule has 1 aromatic carbocycles. The Hall–Kier alpha value is -2.21. The molecule has 0 atom stereocenters. The second-order valence-corrected chi connectivity index (χ2v) is 4.22. The number of para-hydroxylation sites is 1. The molecule has 0 radical (unpaired) electrons. The fourth-order valence-electron chi connectivity index (χ4n) is 1.33. The van der Waals surface area contributed by atoms with Crippen molar-refractivity contribution in [2.45, 2.75) is 0 Å². The maximum Gasteiger partial charge on any atom is 0.339 e. The summed E-state index contributed by atoms with van der Waals surface area (Å²) in [5, 5.41) is 17.7. The number of hydrogen-bond acceptors (Lipinski definition) is 4. The molecule has 0 amide bonds. The van der Waals surface area contributed by atoms with Gasteiger partial charge in [-0.15, -0.1) is 11.3 Å². The van der Waals surface area contributed by atoms with E-state index in [-0.39, 0.29) is 10.6 Å². The Morgan fingerprint density at radius 2 is 1.94 bits per heavy atom. The van der Waals surface area contributed by atoms with E-state index in [9.17, 15) is 9.59 Å². The number of carbonyl (C=O) groups is 2. The lowest BCUT2D eigenvalue weighted by molar-refractivity contribution is -0.133. The van der Waals surface area contributed by atoms with Crippen molar-refractivity contribution >= 4 is 39.1 Å². The first kappa shape index (κ1) is 11.3. The van der Waals surface area contributed by atoms with Gasteiger partial charge in [-0.2, -0.15) is 0 Å². The van der Waals surface area contributed by atoms with E-state index in [1.165, 1.54) is 0 Å². The third-order valence-electron chi connectivity index (χ3n) is 2.02. The number of carboxylic acids is 2. The van der Waals surface area contributed by atoms with Gasteiger partial charge in [-0.3, -0.25) is 0 Å². The van der Waals surface area contributed by atoms with Gasteiger partial charge in [0.1, 0.15) is 10.6 Å². The Balaban J connectivity index is 2.57. The standard InChI is InChI=1S/C11H7NO4S/c13-9(14)5-6(11(15)16)10-12-7-3-1-2-4-8(7)17-10/h1-5H,(H,13,14)(H,15,16)/b6-5-. The fraction of sp³-hybridized carbons (Fsp3) is 0. The fourth-order valence-corrected chi connectivity index (χ4v) is 2.30. The number of aliphatic carboxylic acids is 2. The maximum atomic E-state index is 10.9. The molecule has 0 fully saturated rings. The van der Waals surface area contributed by atoms with E-state index in [4.69, 9.17) is 10.2 Å². The van der Waals surface area contributed by atoms with Crippen molar-refractivity contribution in [1.82, 2.24) is 4.98 Å². The highest BCUT2D eigenvalue weighted by molar-refractivity contribution is 7.19. The third-order valence-corrected chi connectivity index (χ3v) is 3.09. The van der Waals surface area contributed by atoms with Gasteiger partial charge in [0.25, 0.3) is 0 Å². The molecule has 1 aromatic heterocycles. The third kappa shape index (κ3) is 2.31. The number of aromatic nitrogens is 1. The largest absolute Gasteiger partial charge is 0.478 e. The number of carboxylic acid groups (broad SMARTS) is 2. The molecule has 86 valence electrons. The predicted octanol–water partition coefficient (Wildman–Crippen LogP) is 1.85. The lowest BCUT2D eigenvalue weighted by atomic mass is 10.2. The van der Waals surface area contributed by atoms with Crippen LogP contribution in [-0.4, -0.2) is 27.1 Å². The van der Waals surface area contributed by atoms with Crippen molar-refractivity contribution in [3.63, 3.8) is 0 Å². The maximum absolute atomic E-state index is 10.9. The Morgan fingerprint density at radius 3 is 2.53 bits per heavy atom. The van der Waals surface area contributed by atoms with Crippen LogP contribution in [0.15, 0.2) is 30.3 Å². The average molecular weight is 249 g/mol. The van der Waals surface area contributed by atoms with Crippen LogP contribution in [0.5, 0.6) is 0 Å². The molecule has 6 heteroatoms. The summed E-state index contributed by atoms with van der Waals surface area (Å²) >= 11 is 1.15. The predicted molar refractivity (Wildman–Crippen MR) is 62.9 cm³/mol. The molecule has 0 saturated heterocycles. The van der Waals surface area contributed by atoms with Crippen molar-refractivity contribution in [2.75, 3.05) is 0 Å². The molecule has 0 unspecified atom stereocenters. The van der Waals surface area contributed by atoms with Crippen molar-refractivity contribution in [2.24, 2.45) is 0 Å². The molecule has 2 aromatic rings. The van der Waals surface area contributed by atoms with E-state index in [2.05, 4.69) is 4.98 Å². The average Bonchev–Trinajstić information content (AvgIpc) is 2.68. The Labute approximate surface area is 99.7 Å². The molecule has 5 nitrogen and oxygen atoms in total. The van der Waals surface area contributed by atoms with Crippen LogP contribution in [-0.2, 0) is 9.59 Å². The summed E-state index contributed by atoms with van der Waals surface area (Å²) in [5.41, 5.74) is 0.351. The molecule has 0 spiro atoms. The van der Waals surface area contributed by atoms with Crippen LogP contribution in [0.1, 0.15) is 5.01 Å². The highest BCUT2D eigenvalue weighted by atomic mass is 32.1. The van der Waals surface area contributed by atoms with Crippen LogP contribution in [0.2, 0.25) is 0 Å². The van der Waals surface area contributed by atoms with Crippen molar-refractivity contribution < 1.29 is 19.8 Å². The summed E-state index contributed by atoms with van der Waals surface area (Å²) in [7, 11) is 0. The van der Waals surface area contributed by atoms with Crippen LogP contribution in [0.4, 0.5) is 0 Å². The molecular weight excluding hydrogens is 242 g/mol. The van der Waals surface area contributed by atoms with Gasteiger partial charge < -0.3 is 10.2 Å². The molecule has 0 aliphatic rings. The Kier molecular flexibility index (Phi) is 2.88. The summed E-state index contributed by atoms with van der Waals surface area (Å²) in [6, 6.07) is 7.14. The summed E-state index contributed by atoms with van der Waals surface area (Å²) in [6.07, 6.45) is 0.653. The SMILES string of the molecule is O=C(O)/C=C(\C(=O)O)c1nc2ccccc2s1. The van der Waals surface area contributed by atoms with Gasteiger partial charge in [-0.1, -0.05) is 12.1 Å². The van der Waals surface area contributed by atoms with E-state index in [0.29, 0.717) is 11.6 Å². The van der Waals surface area contributed by atoms with Crippen LogP contribution in [0, 0.1) is 0 Å². The molecule has 17 heavy (non-hydrogen) atoms. The van der Waals surface area contributed by atoms with Gasteiger partial charge in [-0.25, -0.2) is 14.6 Å². The van der Waals surface area contributed by atoms with Gasteiger partial charge in [0.05, 0.1) is 10.2 Å². The minimum Gasteiger partial charge on any atom is -0.478 e. The zero-order valence-corrected chi connectivity index (χ0v) is 9.27. The molecular formula is C11H7NO4S. The highest BCUT2D eigenvalue weighted by Crippen LogP contribution is 2.26.